The molecule has 4 nitrogen and oxygen atoms in total. The van der Waals surface area contributed by atoms with E-state index in [1.165, 1.54) is 86.0 Å². The molecule has 1 aliphatic heterocycles. The molecule has 1 saturated carbocycles. The summed E-state index contributed by atoms with van der Waals surface area (Å²) in [5.41, 5.74) is 4.14. The van der Waals surface area contributed by atoms with Gasteiger partial charge in [0.2, 0.25) is 0 Å². The third-order valence-electron chi connectivity index (χ3n) is 7.34. The number of likely N-dealkylation sites (tertiary alicyclic amines) is 1. The van der Waals surface area contributed by atoms with E-state index in [1.807, 2.05) is 0 Å². The number of hydrogen-bond donors (Lipinski definition) is 1. The number of carboxylic acid groups (broad SMARTS) is 1. The zero-order valence-electron chi connectivity index (χ0n) is 16.7. The minimum absolute atomic E-state index is 0.501. The lowest BCUT2D eigenvalue weighted by atomic mass is 9.77. The van der Waals surface area contributed by atoms with E-state index in [9.17, 15) is 9.90 Å². The minimum Gasteiger partial charge on any atom is -0.465 e. The van der Waals surface area contributed by atoms with E-state index in [0.717, 1.165) is 12.3 Å². The zero-order chi connectivity index (χ0) is 18.8. The van der Waals surface area contributed by atoms with Crippen LogP contribution in [0.4, 0.5) is 4.79 Å². The lowest BCUT2D eigenvalue weighted by molar-refractivity contribution is 0.153. The second kappa shape index (κ2) is 8.22. The van der Waals surface area contributed by atoms with Crippen molar-refractivity contribution in [3.63, 3.8) is 0 Å². The Morgan fingerprint density at radius 3 is 2.78 bits per heavy atom. The number of hydrogen-bond acceptors (Lipinski definition) is 2. The van der Waals surface area contributed by atoms with Crippen molar-refractivity contribution < 1.29 is 9.90 Å². The van der Waals surface area contributed by atoms with Crippen molar-refractivity contribution >= 4 is 6.09 Å². The van der Waals surface area contributed by atoms with Gasteiger partial charge in [0, 0.05) is 25.6 Å². The maximum Gasteiger partial charge on any atom is 0.407 e. The summed E-state index contributed by atoms with van der Waals surface area (Å²) in [5.74, 6) is 1.61. The van der Waals surface area contributed by atoms with Gasteiger partial charge in [-0.2, -0.15) is 0 Å². The van der Waals surface area contributed by atoms with Crippen LogP contribution in [-0.2, 0) is 13.0 Å². The molecule has 1 aromatic rings. The molecule has 2 aliphatic carbocycles. The maximum atomic E-state index is 11.2. The van der Waals surface area contributed by atoms with Gasteiger partial charge in [-0.1, -0.05) is 50.3 Å². The first-order chi connectivity index (χ1) is 13.1. The van der Waals surface area contributed by atoms with Crippen molar-refractivity contribution in [2.45, 2.75) is 76.3 Å². The largest absolute Gasteiger partial charge is 0.465 e. The highest BCUT2D eigenvalue weighted by Gasteiger charge is 2.39. The summed E-state index contributed by atoms with van der Waals surface area (Å²) in [4.78, 5) is 15.4. The van der Waals surface area contributed by atoms with Crippen LogP contribution in [0.2, 0.25) is 0 Å². The van der Waals surface area contributed by atoms with Gasteiger partial charge in [0.15, 0.2) is 0 Å². The molecule has 1 saturated heterocycles. The van der Waals surface area contributed by atoms with Gasteiger partial charge in [0.05, 0.1) is 0 Å². The third-order valence-corrected chi connectivity index (χ3v) is 7.34. The second-order valence-electron chi connectivity index (χ2n) is 8.95. The highest BCUT2D eigenvalue weighted by atomic mass is 16.4. The fraction of sp³-hybridized carbons (Fsp3) is 0.696. The molecule has 0 unspecified atom stereocenters. The number of amides is 1. The van der Waals surface area contributed by atoms with Crippen LogP contribution in [0, 0.1) is 5.92 Å². The molecule has 0 radical (unpaired) electrons. The van der Waals surface area contributed by atoms with Crippen LogP contribution in [0.1, 0.15) is 74.0 Å². The summed E-state index contributed by atoms with van der Waals surface area (Å²) < 4.78 is 0. The number of benzene rings is 1. The van der Waals surface area contributed by atoms with E-state index in [4.69, 9.17) is 0 Å². The van der Waals surface area contributed by atoms with Crippen LogP contribution in [-0.4, -0.2) is 47.2 Å². The molecule has 1 aromatic carbocycles. The van der Waals surface area contributed by atoms with E-state index in [2.05, 4.69) is 23.1 Å². The quantitative estimate of drug-likeness (QED) is 0.804. The topological polar surface area (TPSA) is 43.8 Å². The fourth-order valence-corrected chi connectivity index (χ4v) is 5.84. The molecule has 27 heavy (non-hydrogen) atoms. The minimum atomic E-state index is -0.851. The number of carbonyl (C=O) groups is 1. The molecular weight excluding hydrogens is 336 g/mol. The monoisotopic (exact) mass is 370 g/mol. The predicted octanol–water partition coefficient (Wildman–Crippen LogP) is 4.87. The Morgan fingerprint density at radius 2 is 2.00 bits per heavy atom. The molecule has 1 N–H and O–H groups in total. The SMILES string of the molecule is CN(Cc1cccc2c1CC[C@H]1[C@@H]2CCN1CCC1CCCCC1)C(=O)O. The molecule has 0 bridgehead atoms. The first-order valence-electron chi connectivity index (χ1n) is 10.9. The lowest BCUT2D eigenvalue weighted by Crippen LogP contribution is -2.37. The van der Waals surface area contributed by atoms with Crippen LogP contribution in [0.15, 0.2) is 18.2 Å². The average Bonchev–Trinajstić information content (AvgIpc) is 3.11. The summed E-state index contributed by atoms with van der Waals surface area (Å²) in [5, 5.41) is 9.22. The van der Waals surface area contributed by atoms with Crippen LogP contribution < -0.4 is 0 Å². The van der Waals surface area contributed by atoms with Crippen molar-refractivity contribution in [1.29, 1.82) is 0 Å². The van der Waals surface area contributed by atoms with Crippen molar-refractivity contribution in [2.24, 2.45) is 5.92 Å². The Balaban J connectivity index is 1.43. The Labute approximate surface area is 163 Å². The Bertz CT molecular complexity index is 668. The van der Waals surface area contributed by atoms with Gasteiger partial charge in [0.1, 0.15) is 0 Å². The highest BCUT2D eigenvalue weighted by molar-refractivity contribution is 5.64. The van der Waals surface area contributed by atoms with E-state index < -0.39 is 6.09 Å². The van der Waals surface area contributed by atoms with E-state index in [1.54, 1.807) is 7.05 Å². The van der Waals surface area contributed by atoms with Gasteiger partial charge in [-0.25, -0.2) is 4.79 Å². The van der Waals surface area contributed by atoms with Crippen molar-refractivity contribution in [1.82, 2.24) is 9.80 Å². The average molecular weight is 371 g/mol. The maximum absolute atomic E-state index is 11.2. The van der Waals surface area contributed by atoms with Crippen molar-refractivity contribution in [3.8, 4) is 0 Å². The fourth-order valence-electron chi connectivity index (χ4n) is 5.84. The van der Waals surface area contributed by atoms with Crippen LogP contribution >= 0.6 is 0 Å². The highest BCUT2D eigenvalue weighted by Crippen LogP contribution is 2.43. The van der Waals surface area contributed by atoms with Gasteiger partial charge in [-0.3, -0.25) is 4.90 Å². The predicted molar refractivity (Wildman–Crippen MR) is 108 cm³/mol. The van der Waals surface area contributed by atoms with Crippen LogP contribution in [0.5, 0.6) is 0 Å². The first-order valence-corrected chi connectivity index (χ1v) is 10.9. The standard InChI is InChI=1S/C23H34N2O2/c1-24(23(26)27)16-18-8-5-9-20-19(18)10-11-22-21(20)13-15-25(22)14-12-17-6-3-2-4-7-17/h5,8-9,17,21-22H,2-4,6-7,10-16H2,1H3,(H,26,27)/t21-,22+/m1/s1. The molecule has 2 atom stereocenters. The van der Waals surface area contributed by atoms with Crippen molar-refractivity contribution in [2.75, 3.05) is 20.1 Å². The van der Waals surface area contributed by atoms with Gasteiger partial charge in [-0.15, -0.1) is 0 Å². The molecule has 0 aromatic heterocycles. The molecule has 148 valence electrons. The van der Waals surface area contributed by atoms with Gasteiger partial charge in [0.25, 0.3) is 0 Å². The Morgan fingerprint density at radius 1 is 1.19 bits per heavy atom. The van der Waals surface area contributed by atoms with E-state index in [-0.39, 0.29) is 0 Å². The lowest BCUT2D eigenvalue weighted by Gasteiger charge is -2.35. The van der Waals surface area contributed by atoms with E-state index in [0.29, 0.717) is 18.5 Å². The summed E-state index contributed by atoms with van der Waals surface area (Å²) in [6.45, 7) is 3.02. The van der Waals surface area contributed by atoms with Gasteiger partial charge in [-0.05, 0) is 61.4 Å². The number of rotatable bonds is 5. The molecular formula is C23H34N2O2. The number of nitrogens with zero attached hydrogens (tertiary/aromatic N) is 2. The summed E-state index contributed by atoms with van der Waals surface area (Å²) >= 11 is 0. The molecule has 3 aliphatic rings. The van der Waals surface area contributed by atoms with Gasteiger partial charge >= 0.3 is 6.09 Å². The number of fused-ring (bicyclic) bond motifs is 3. The molecule has 0 spiro atoms. The molecule has 4 heteroatoms. The Kier molecular flexibility index (Phi) is 5.72. The molecule has 1 amide bonds. The molecule has 2 fully saturated rings. The third kappa shape index (κ3) is 4.01. The summed E-state index contributed by atoms with van der Waals surface area (Å²) in [7, 11) is 1.66. The first kappa shape index (κ1) is 18.8. The molecule has 4 rings (SSSR count). The molecule has 1 heterocycles. The normalized spacial score (nSPS) is 25.8. The smallest absolute Gasteiger partial charge is 0.407 e. The summed E-state index contributed by atoms with van der Waals surface area (Å²) in [6, 6.07) is 7.26. The van der Waals surface area contributed by atoms with Crippen molar-refractivity contribution in [3.05, 3.63) is 34.9 Å². The van der Waals surface area contributed by atoms with Crippen LogP contribution in [0.3, 0.4) is 0 Å². The second-order valence-corrected chi connectivity index (χ2v) is 8.95. The Hall–Kier alpha value is -1.55. The zero-order valence-corrected chi connectivity index (χ0v) is 16.7. The van der Waals surface area contributed by atoms with Crippen LogP contribution in [0.25, 0.3) is 0 Å². The summed E-state index contributed by atoms with van der Waals surface area (Å²) in [6.07, 6.45) is 11.4. The van der Waals surface area contributed by atoms with E-state index >= 15 is 0 Å². The van der Waals surface area contributed by atoms with Gasteiger partial charge < -0.3 is 10.0 Å².